The molecular weight excluding hydrogens is 636 g/mol. The van der Waals surface area contributed by atoms with E-state index in [0.717, 1.165) is 62.5 Å². The maximum atomic E-state index is 14.5. The molecule has 6 aliphatic rings. The van der Waals surface area contributed by atoms with Crippen LogP contribution in [0.3, 0.4) is 0 Å². The van der Waals surface area contributed by atoms with Crippen LogP contribution < -0.4 is 0 Å². The number of fused-ring (bicyclic) bond motifs is 3. The van der Waals surface area contributed by atoms with Crippen molar-refractivity contribution >= 4 is 23.1 Å². The Labute approximate surface area is 308 Å². The molecule has 284 valence electrons. The Morgan fingerprint density at radius 3 is 1.57 bits per heavy atom. The summed E-state index contributed by atoms with van der Waals surface area (Å²) in [6, 6.07) is 0. The van der Waals surface area contributed by atoms with Gasteiger partial charge >= 0.3 is 0 Å². The van der Waals surface area contributed by atoms with Gasteiger partial charge in [0.1, 0.15) is 22.7 Å². The predicted octanol–water partition coefficient (Wildman–Crippen LogP) is 10.0. The molecule has 51 heavy (non-hydrogen) atoms. The van der Waals surface area contributed by atoms with Gasteiger partial charge in [-0.25, -0.2) is 0 Å². The first-order valence-corrected chi connectivity index (χ1v) is 20.2. The van der Waals surface area contributed by atoms with Gasteiger partial charge in [0.05, 0.1) is 21.7 Å². The van der Waals surface area contributed by atoms with Gasteiger partial charge in [0.2, 0.25) is 0 Å². The number of rotatable bonds is 4. The van der Waals surface area contributed by atoms with Gasteiger partial charge in [-0.1, -0.05) is 41.5 Å². The monoisotopic (exact) mass is 705 g/mol. The van der Waals surface area contributed by atoms with Gasteiger partial charge in [-0.3, -0.25) is 19.2 Å². The average Bonchev–Trinajstić information content (AvgIpc) is 3.03. The van der Waals surface area contributed by atoms with Crippen molar-refractivity contribution in [3.8, 4) is 0 Å². The summed E-state index contributed by atoms with van der Waals surface area (Å²) < 4.78 is 14.7. The fourth-order valence-corrected chi connectivity index (χ4v) is 12.4. The van der Waals surface area contributed by atoms with Crippen molar-refractivity contribution in [1.82, 2.24) is 0 Å². The van der Waals surface area contributed by atoms with Crippen LogP contribution in [0.5, 0.6) is 0 Å². The molecule has 0 amide bonds. The minimum absolute atomic E-state index is 0.0142. The van der Waals surface area contributed by atoms with Crippen LogP contribution in [0.2, 0.25) is 0 Å². The van der Waals surface area contributed by atoms with Gasteiger partial charge < -0.3 is 9.47 Å². The summed E-state index contributed by atoms with van der Waals surface area (Å²) in [5, 5.41) is 0. The van der Waals surface area contributed by atoms with Gasteiger partial charge in [0.25, 0.3) is 0 Å². The van der Waals surface area contributed by atoms with Crippen LogP contribution in [0.4, 0.5) is 0 Å². The lowest BCUT2D eigenvalue weighted by Crippen LogP contribution is -2.61. The molecule has 0 aromatic rings. The van der Waals surface area contributed by atoms with E-state index >= 15 is 0 Å². The van der Waals surface area contributed by atoms with Gasteiger partial charge in [0, 0.05) is 23.0 Å². The van der Waals surface area contributed by atoms with Gasteiger partial charge in [-0.05, 0) is 149 Å². The number of Topliss-reactive ketones (excluding diaryl/α,β-unsaturated/α-hetero) is 4. The molecule has 0 saturated heterocycles. The molecule has 0 aromatic carbocycles. The molecule has 1 spiro atoms. The summed E-state index contributed by atoms with van der Waals surface area (Å²) in [6.07, 6.45) is 6.90. The summed E-state index contributed by atoms with van der Waals surface area (Å²) in [5.41, 5.74) is -3.49. The Morgan fingerprint density at radius 1 is 0.569 bits per heavy atom. The minimum Gasteiger partial charge on any atom is -0.490 e. The molecule has 0 radical (unpaired) electrons. The summed E-state index contributed by atoms with van der Waals surface area (Å²) >= 11 is 0. The second-order valence-electron chi connectivity index (χ2n) is 21.7. The maximum Gasteiger partial charge on any atom is 0.175 e. The third kappa shape index (κ3) is 5.43. The SMILES string of the molecule is CC(C)C[C@H]1C[C@@]2(CC[C@H]3[C@@H](CC(C)C)C4=C(O[C@]3(C)CC[C@@H]3[C@@H]2CC3(C)C)C(C)(C)C(=O)C(C)(C)C4=O)OC2=C1C(=O)C(C)(C)C(=O)C2(C)C. The normalized spacial score (nSPS) is 39.2. The Morgan fingerprint density at radius 2 is 1.06 bits per heavy atom. The van der Waals surface area contributed by atoms with E-state index in [0.29, 0.717) is 29.3 Å². The molecule has 0 N–H and O–H groups in total. The molecule has 2 heterocycles. The van der Waals surface area contributed by atoms with E-state index < -0.39 is 32.9 Å². The lowest BCUT2D eigenvalue weighted by molar-refractivity contribution is -0.192. The first-order valence-electron chi connectivity index (χ1n) is 20.2. The fraction of sp³-hybridized carbons (Fsp3) is 0.822. The molecule has 0 aromatic heterocycles. The van der Waals surface area contributed by atoms with Crippen LogP contribution in [0.25, 0.3) is 0 Å². The lowest BCUT2D eigenvalue weighted by atomic mass is 9.47. The van der Waals surface area contributed by atoms with E-state index in [2.05, 4.69) is 48.5 Å². The highest BCUT2D eigenvalue weighted by molar-refractivity contribution is 6.20. The zero-order valence-corrected chi connectivity index (χ0v) is 34.6. The van der Waals surface area contributed by atoms with Crippen molar-refractivity contribution in [3.05, 3.63) is 22.7 Å². The molecular formula is C45H68O6. The Bertz CT molecular complexity index is 1610. The van der Waals surface area contributed by atoms with Gasteiger partial charge in [-0.2, -0.15) is 0 Å². The van der Waals surface area contributed by atoms with Crippen LogP contribution in [0.15, 0.2) is 22.7 Å². The first-order chi connectivity index (χ1) is 23.2. The molecule has 0 bridgehead atoms. The second-order valence-corrected chi connectivity index (χ2v) is 21.7. The van der Waals surface area contributed by atoms with Gasteiger partial charge in [-0.15, -0.1) is 0 Å². The maximum absolute atomic E-state index is 14.5. The number of hydrogen-bond acceptors (Lipinski definition) is 6. The number of hydrogen-bond donors (Lipinski definition) is 0. The quantitative estimate of drug-likeness (QED) is 0.271. The molecule has 6 heteroatoms. The zero-order chi connectivity index (χ0) is 38.2. The minimum atomic E-state index is -1.11. The van der Waals surface area contributed by atoms with Crippen molar-refractivity contribution in [3.63, 3.8) is 0 Å². The molecule has 2 aliphatic heterocycles. The number of ether oxygens (including phenoxy) is 2. The number of carbonyl (C=O) groups excluding carboxylic acids is 4. The standard InChI is InChI=1S/C45H68O6/c1-24(2)20-26-22-45(51-35-31(26)33(46)40(7,8)37(48)42(35,11)12)19-17-28-27(21-25(3)4)32-34(47)41(9,10)38(49)43(13,14)36(32)50-44(28,15)18-16-29-30(45)23-39(29,5)6/h24-30H,16-23H2,1-15H3/t26-,27+,28-,29+,30-,44+,45+/m0/s1. The molecule has 6 nitrogen and oxygen atoms in total. The summed E-state index contributed by atoms with van der Waals surface area (Å²) in [7, 11) is 0. The third-order valence-corrected chi connectivity index (χ3v) is 15.0. The highest BCUT2D eigenvalue weighted by Crippen LogP contribution is 2.67. The zero-order valence-electron chi connectivity index (χ0n) is 34.6. The number of ketones is 4. The molecule has 7 atom stereocenters. The summed E-state index contributed by atoms with van der Waals surface area (Å²) in [6.45, 7) is 31.0. The Hall–Kier alpha value is -2.24. The van der Waals surface area contributed by atoms with E-state index in [1.807, 2.05) is 27.7 Å². The van der Waals surface area contributed by atoms with E-state index in [1.54, 1.807) is 27.7 Å². The molecule has 2 fully saturated rings. The molecule has 2 saturated carbocycles. The van der Waals surface area contributed by atoms with Crippen molar-refractivity contribution in [1.29, 1.82) is 0 Å². The topological polar surface area (TPSA) is 86.7 Å². The van der Waals surface area contributed by atoms with Gasteiger partial charge in [0.15, 0.2) is 23.1 Å². The van der Waals surface area contributed by atoms with Crippen LogP contribution in [-0.2, 0) is 28.7 Å². The highest BCUT2D eigenvalue weighted by Gasteiger charge is 2.67. The van der Waals surface area contributed by atoms with Crippen molar-refractivity contribution in [2.24, 2.45) is 68.5 Å². The number of carbonyl (C=O) groups is 4. The third-order valence-electron chi connectivity index (χ3n) is 15.0. The van der Waals surface area contributed by atoms with E-state index in [4.69, 9.17) is 9.47 Å². The fourth-order valence-electron chi connectivity index (χ4n) is 12.4. The van der Waals surface area contributed by atoms with E-state index in [1.165, 1.54) is 0 Å². The first kappa shape index (κ1) is 38.5. The van der Waals surface area contributed by atoms with Crippen LogP contribution >= 0.6 is 0 Å². The van der Waals surface area contributed by atoms with Crippen molar-refractivity contribution in [2.45, 2.75) is 166 Å². The highest BCUT2D eigenvalue weighted by atomic mass is 16.5. The Balaban J connectivity index is 1.53. The second kappa shape index (κ2) is 11.6. The molecule has 0 unspecified atom stereocenters. The van der Waals surface area contributed by atoms with E-state index in [-0.39, 0.29) is 52.2 Å². The van der Waals surface area contributed by atoms with Crippen LogP contribution in [0.1, 0.15) is 155 Å². The smallest absolute Gasteiger partial charge is 0.175 e. The number of allylic oxidation sites excluding steroid dienone is 4. The van der Waals surface area contributed by atoms with Crippen molar-refractivity contribution in [2.75, 3.05) is 0 Å². The average molecular weight is 705 g/mol. The Kier molecular flexibility index (Phi) is 8.78. The van der Waals surface area contributed by atoms with Crippen LogP contribution in [0, 0.1) is 68.5 Å². The van der Waals surface area contributed by atoms with E-state index in [9.17, 15) is 19.2 Å². The molecule has 6 rings (SSSR count). The summed E-state index contributed by atoms with van der Waals surface area (Å²) in [5.74, 6) is 2.37. The summed E-state index contributed by atoms with van der Waals surface area (Å²) in [4.78, 5) is 56.9. The van der Waals surface area contributed by atoms with Crippen LogP contribution in [-0.4, -0.2) is 34.3 Å². The predicted molar refractivity (Wildman–Crippen MR) is 200 cm³/mol. The lowest BCUT2D eigenvalue weighted by Gasteiger charge is -2.62. The molecule has 4 aliphatic carbocycles. The largest absolute Gasteiger partial charge is 0.490 e. The van der Waals surface area contributed by atoms with Crippen molar-refractivity contribution < 1.29 is 28.7 Å².